The van der Waals surface area contributed by atoms with Crippen molar-refractivity contribution in [2.24, 2.45) is 0 Å². The van der Waals surface area contributed by atoms with Gasteiger partial charge in [0.1, 0.15) is 0 Å². The van der Waals surface area contributed by atoms with Crippen LogP contribution in [0.15, 0.2) is 35.7 Å². The first-order valence-corrected chi connectivity index (χ1v) is 9.24. The molecule has 0 saturated carbocycles. The van der Waals surface area contributed by atoms with E-state index in [-0.39, 0.29) is 12.4 Å². The zero-order valence-electron chi connectivity index (χ0n) is 14.1. The zero-order chi connectivity index (χ0) is 16.9. The van der Waals surface area contributed by atoms with Crippen molar-refractivity contribution in [2.45, 2.75) is 26.6 Å². The Morgan fingerprint density at radius 2 is 1.71 bits per heavy atom. The predicted octanol–water partition coefficient (Wildman–Crippen LogP) is 2.76. The van der Waals surface area contributed by atoms with Gasteiger partial charge in [0.05, 0.1) is 11.5 Å². The van der Waals surface area contributed by atoms with Gasteiger partial charge in [0.2, 0.25) is 0 Å². The van der Waals surface area contributed by atoms with Gasteiger partial charge in [-0.15, -0.1) is 11.3 Å². The van der Waals surface area contributed by atoms with Crippen LogP contribution in [0.4, 0.5) is 0 Å². The van der Waals surface area contributed by atoms with Crippen LogP contribution in [0.5, 0.6) is 0 Å². The van der Waals surface area contributed by atoms with Crippen LogP contribution < -0.4 is 0 Å². The molecule has 0 bridgehead atoms. The standard InChI is InChI=1S/C19H24N2O2S/c1-15(23)19-10-16(14-24-19)11-20-6-8-21(9-7-20)12-17-4-2-3-5-18(17)13-22/h2-5,10,14,22H,6-9,11-13H2,1H3. The summed E-state index contributed by atoms with van der Waals surface area (Å²) in [6.45, 7) is 7.68. The maximum Gasteiger partial charge on any atom is 0.169 e. The highest BCUT2D eigenvalue weighted by atomic mass is 32.1. The van der Waals surface area contributed by atoms with E-state index in [1.54, 1.807) is 18.3 Å². The summed E-state index contributed by atoms with van der Waals surface area (Å²) in [7, 11) is 0. The Balaban J connectivity index is 1.51. The molecule has 2 heterocycles. The summed E-state index contributed by atoms with van der Waals surface area (Å²) in [5.41, 5.74) is 3.48. The van der Waals surface area contributed by atoms with E-state index in [9.17, 15) is 9.90 Å². The molecule has 1 aliphatic rings. The Hall–Kier alpha value is -1.53. The summed E-state index contributed by atoms with van der Waals surface area (Å²) < 4.78 is 0. The van der Waals surface area contributed by atoms with Crippen LogP contribution in [0.1, 0.15) is 33.3 Å². The van der Waals surface area contributed by atoms with Crippen LogP contribution >= 0.6 is 11.3 Å². The number of aliphatic hydroxyl groups is 1. The minimum atomic E-state index is 0.104. The van der Waals surface area contributed by atoms with E-state index in [0.29, 0.717) is 0 Å². The normalized spacial score (nSPS) is 16.4. The van der Waals surface area contributed by atoms with Crippen molar-refractivity contribution in [3.8, 4) is 0 Å². The number of carbonyl (C=O) groups excluding carboxylic acids is 1. The van der Waals surface area contributed by atoms with Crippen molar-refractivity contribution in [2.75, 3.05) is 26.2 Å². The number of hydrogen-bond donors (Lipinski definition) is 1. The van der Waals surface area contributed by atoms with E-state index >= 15 is 0 Å². The fourth-order valence-electron chi connectivity index (χ4n) is 3.11. The molecule has 0 spiro atoms. The first-order valence-electron chi connectivity index (χ1n) is 8.36. The summed E-state index contributed by atoms with van der Waals surface area (Å²) in [6.07, 6.45) is 0. The second-order valence-corrected chi connectivity index (χ2v) is 7.27. The second-order valence-electron chi connectivity index (χ2n) is 6.35. The third-order valence-corrected chi connectivity index (χ3v) is 5.63. The molecular weight excluding hydrogens is 320 g/mol. The SMILES string of the molecule is CC(=O)c1cc(CN2CCN(Cc3ccccc3CO)CC2)cs1. The lowest BCUT2D eigenvalue weighted by Crippen LogP contribution is -2.45. The number of Topliss-reactive ketones (excluding diaryl/α,β-unsaturated/α-hetero) is 1. The first-order chi connectivity index (χ1) is 11.7. The van der Waals surface area contributed by atoms with Gasteiger partial charge < -0.3 is 5.11 Å². The minimum absolute atomic E-state index is 0.104. The van der Waals surface area contributed by atoms with Crippen molar-refractivity contribution in [3.63, 3.8) is 0 Å². The number of benzene rings is 1. The maximum atomic E-state index is 11.4. The fraction of sp³-hybridized carbons (Fsp3) is 0.421. The number of rotatable bonds is 6. The smallest absolute Gasteiger partial charge is 0.169 e. The van der Waals surface area contributed by atoms with Gasteiger partial charge in [-0.05, 0) is 35.1 Å². The van der Waals surface area contributed by atoms with Crippen molar-refractivity contribution in [3.05, 3.63) is 57.3 Å². The Morgan fingerprint density at radius 1 is 1.08 bits per heavy atom. The molecule has 1 aromatic heterocycles. The average Bonchev–Trinajstić information content (AvgIpc) is 3.06. The number of thiophene rings is 1. The summed E-state index contributed by atoms with van der Waals surface area (Å²) in [6, 6.07) is 10.1. The van der Waals surface area contributed by atoms with Crippen molar-refractivity contribution in [1.82, 2.24) is 9.80 Å². The van der Waals surface area contributed by atoms with Gasteiger partial charge in [0.25, 0.3) is 0 Å². The average molecular weight is 344 g/mol. The van der Waals surface area contributed by atoms with Crippen LogP contribution in [-0.4, -0.2) is 46.9 Å². The second kappa shape index (κ2) is 8.03. The molecule has 3 rings (SSSR count). The van der Waals surface area contributed by atoms with E-state index < -0.39 is 0 Å². The number of hydrogen-bond acceptors (Lipinski definition) is 5. The van der Waals surface area contributed by atoms with Crippen molar-refractivity contribution in [1.29, 1.82) is 0 Å². The highest BCUT2D eigenvalue weighted by molar-refractivity contribution is 7.12. The Kier molecular flexibility index (Phi) is 5.79. The molecule has 1 fully saturated rings. The number of carbonyl (C=O) groups is 1. The van der Waals surface area contributed by atoms with Gasteiger partial charge in [-0.2, -0.15) is 0 Å². The molecule has 1 saturated heterocycles. The van der Waals surface area contributed by atoms with Gasteiger partial charge in [0, 0.05) is 39.3 Å². The van der Waals surface area contributed by atoms with Crippen LogP contribution in [0, 0.1) is 0 Å². The van der Waals surface area contributed by atoms with Gasteiger partial charge in [-0.1, -0.05) is 24.3 Å². The highest BCUT2D eigenvalue weighted by Gasteiger charge is 2.18. The Labute approximate surface area is 147 Å². The molecule has 1 aliphatic heterocycles. The lowest BCUT2D eigenvalue weighted by molar-refractivity contribution is 0.102. The zero-order valence-corrected chi connectivity index (χ0v) is 14.9. The Bertz CT molecular complexity index is 690. The number of aliphatic hydroxyl groups excluding tert-OH is 1. The summed E-state index contributed by atoms with van der Waals surface area (Å²) in [4.78, 5) is 17.1. The largest absolute Gasteiger partial charge is 0.392 e. The molecule has 0 aliphatic carbocycles. The first kappa shape index (κ1) is 17.3. The third kappa shape index (κ3) is 4.30. The lowest BCUT2D eigenvalue weighted by atomic mass is 10.1. The summed E-state index contributed by atoms with van der Waals surface area (Å²) >= 11 is 1.54. The molecular formula is C19H24N2O2S. The molecule has 4 nitrogen and oxygen atoms in total. The van der Waals surface area contributed by atoms with Crippen LogP contribution in [-0.2, 0) is 19.7 Å². The molecule has 24 heavy (non-hydrogen) atoms. The molecule has 1 aromatic carbocycles. The van der Waals surface area contributed by atoms with Crippen LogP contribution in [0.25, 0.3) is 0 Å². The molecule has 0 unspecified atom stereocenters. The molecule has 2 aromatic rings. The third-order valence-electron chi connectivity index (χ3n) is 4.55. The van der Waals surface area contributed by atoms with E-state index in [2.05, 4.69) is 21.2 Å². The minimum Gasteiger partial charge on any atom is -0.392 e. The predicted molar refractivity (Wildman–Crippen MR) is 97.2 cm³/mol. The van der Waals surface area contributed by atoms with E-state index in [1.807, 2.05) is 24.3 Å². The summed E-state index contributed by atoms with van der Waals surface area (Å²) in [5.74, 6) is 0.151. The summed E-state index contributed by atoms with van der Waals surface area (Å²) in [5, 5.41) is 11.5. The van der Waals surface area contributed by atoms with Crippen molar-refractivity contribution < 1.29 is 9.90 Å². The highest BCUT2D eigenvalue weighted by Crippen LogP contribution is 2.19. The molecule has 1 N–H and O–H groups in total. The monoisotopic (exact) mass is 344 g/mol. The van der Waals surface area contributed by atoms with Crippen LogP contribution in [0.2, 0.25) is 0 Å². The molecule has 0 amide bonds. The van der Waals surface area contributed by atoms with E-state index in [1.165, 1.54) is 11.1 Å². The topological polar surface area (TPSA) is 43.8 Å². The van der Waals surface area contributed by atoms with Gasteiger partial charge in [-0.25, -0.2) is 0 Å². The van der Waals surface area contributed by atoms with E-state index in [4.69, 9.17) is 0 Å². The van der Waals surface area contributed by atoms with Gasteiger partial charge in [0.15, 0.2) is 5.78 Å². The van der Waals surface area contributed by atoms with Gasteiger partial charge in [-0.3, -0.25) is 14.6 Å². The fourth-order valence-corrected chi connectivity index (χ4v) is 3.92. The maximum absolute atomic E-state index is 11.4. The van der Waals surface area contributed by atoms with E-state index in [0.717, 1.165) is 49.7 Å². The van der Waals surface area contributed by atoms with Crippen LogP contribution in [0.3, 0.4) is 0 Å². The van der Waals surface area contributed by atoms with Crippen molar-refractivity contribution >= 4 is 17.1 Å². The number of piperazine rings is 1. The van der Waals surface area contributed by atoms with Gasteiger partial charge >= 0.3 is 0 Å². The molecule has 5 heteroatoms. The quantitative estimate of drug-likeness (QED) is 0.819. The lowest BCUT2D eigenvalue weighted by Gasteiger charge is -2.34. The molecule has 128 valence electrons. The molecule has 0 radical (unpaired) electrons. The Morgan fingerprint density at radius 3 is 2.29 bits per heavy atom. The number of nitrogens with zero attached hydrogens (tertiary/aromatic N) is 2. The molecule has 0 atom stereocenters. The number of ketones is 1.